The van der Waals surface area contributed by atoms with Gasteiger partial charge in [-0.1, -0.05) is 0 Å². The smallest absolute Gasteiger partial charge is 0.310 e. The van der Waals surface area contributed by atoms with Crippen LogP contribution in [0.15, 0.2) is 0 Å². The molecule has 0 N–H and O–H groups in total. The maximum Gasteiger partial charge on any atom is 0.310 e. The van der Waals surface area contributed by atoms with E-state index in [-0.39, 0.29) is 36.9 Å². The predicted octanol–water partition coefficient (Wildman–Crippen LogP) is -2.03. The second kappa shape index (κ2) is 8.32. The van der Waals surface area contributed by atoms with Crippen molar-refractivity contribution in [1.82, 2.24) is 0 Å². The van der Waals surface area contributed by atoms with Crippen molar-refractivity contribution in [3.63, 3.8) is 0 Å². The second-order valence-electron chi connectivity index (χ2n) is 5.45. The molecule has 0 aromatic rings. The maximum absolute atomic E-state index is 11.5. The first-order chi connectivity index (χ1) is 7.60. The molecule has 0 rings (SSSR count). The van der Waals surface area contributed by atoms with E-state index >= 15 is 0 Å². The van der Waals surface area contributed by atoms with E-state index in [1.807, 2.05) is 21.1 Å². The third-order valence-electron chi connectivity index (χ3n) is 1.85. The molecule has 0 amide bonds. The van der Waals surface area contributed by atoms with E-state index < -0.39 is 6.10 Å². The number of carbonyl (C=O) groups is 2. The Labute approximate surface area is 115 Å². The van der Waals surface area contributed by atoms with Gasteiger partial charge >= 0.3 is 11.9 Å². The van der Waals surface area contributed by atoms with Gasteiger partial charge in [0.05, 0.1) is 33.7 Å². The second-order valence-corrected chi connectivity index (χ2v) is 5.45. The van der Waals surface area contributed by atoms with Crippen molar-refractivity contribution in [2.45, 2.75) is 39.4 Å². The first kappa shape index (κ1) is 19.5. The monoisotopic (exact) mass is 281 g/mol. The normalized spacial score (nSPS) is 12.6. The van der Waals surface area contributed by atoms with Gasteiger partial charge in [-0.05, 0) is 13.8 Å². The van der Waals surface area contributed by atoms with E-state index in [2.05, 4.69) is 0 Å². The minimum absolute atomic E-state index is 0. The zero-order valence-electron chi connectivity index (χ0n) is 12.0. The van der Waals surface area contributed by atoms with Gasteiger partial charge in [-0.3, -0.25) is 9.59 Å². The summed E-state index contributed by atoms with van der Waals surface area (Å²) in [5, 5.41) is 0. The summed E-state index contributed by atoms with van der Waals surface area (Å²) in [5.41, 5.74) is 0. The highest BCUT2D eigenvalue weighted by Gasteiger charge is 2.24. The number of rotatable bonds is 6. The molecular formula is C12H24ClNO4. The molecule has 0 aromatic carbocycles. The zero-order valence-corrected chi connectivity index (χ0v) is 12.8. The number of carbonyl (C=O) groups excluding carboxylic acids is 2. The average Bonchev–Trinajstić information content (AvgIpc) is 1.95. The number of quaternary nitrogens is 1. The van der Waals surface area contributed by atoms with Crippen LogP contribution in [0.4, 0.5) is 0 Å². The minimum atomic E-state index is -0.432. The van der Waals surface area contributed by atoms with Gasteiger partial charge in [-0.2, -0.15) is 0 Å². The average molecular weight is 282 g/mol. The molecule has 1 atom stereocenters. The Morgan fingerprint density at radius 1 is 1.11 bits per heavy atom. The van der Waals surface area contributed by atoms with Crippen LogP contribution in [-0.2, 0) is 19.1 Å². The Hall–Kier alpha value is -0.810. The van der Waals surface area contributed by atoms with Crippen LogP contribution in [0.3, 0.4) is 0 Å². The van der Waals surface area contributed by atoms with Gasteiger partial charge in [0, 0.05) is 6.92 Å². The molecule has 0 heterocycles. The number of ether oxygens (including phenoxy) is 2. The number of hydrogen-bond donors (Lipinski definition) is 0. The summed E-state index contributed by atoms with van der Waals surface area (Å²) in [4.78, 5) is 22.5. The Morgan fingerprint density at radius 3 is 1.94 bits per heavy atom. The van der Waals surface area contributed by atoms with E-state index in [1.165, 1.54) is 6.92 Å². The molecule has 0 spiro atoms. The van der Waals surface area contributed by atoms with Crippen molar-refractivity contribution in [3.05, 3.63) is 0 Å². The molecule has 0 bridgehead atoms. The SMILES string of the molecule is CC(=O)OC(CC(=O)OC(C)C)C[N+](C)(C)C.[Cl-]. The first-order valence-corrected chi connectivity index (χ1v) is 5.77. The lowest BCUT2D eigenvalue weighted by atomic mass is 10.2. The quantitative estimate of drug-likeness (QED) is 0.416. The van der Waals surface area contributed by atoms with Gasteiger partial charge in [0.25, 0.3) is 0 Å². The van der Waals surface area contributed by atoms with Crippen LogP contribution in [0.5, 0.6) is 0 Å². The van der Waals surface area contributed by atoms with Crippen molar-refractivity contribution in [2.24, 2.45) is 0 Å². The van der Waals surface area contributed by atoms with Gasteiger partial charge in [0.2, 0.25) is 0 Å². The first-order valence-electron chi connectivity index (χ1n) is 5.77. The van der Waals surface area contributed by atoms with Gasteiger partial charge in [-0.15, -0.1) is 0 Å². The van der Waals surface area contributed by atoms with E-state index in [0.29, 0.717) is 11.0 Å². The molecule has 0 saturated heterocycles. The Kier molecular flexibility index (Phi) is 9.03. The fourth-order valence-corrected chi connectivity index (χ4v) is 1.49. The standard InChI is InChI=1S/C12H24NO4.ClH/c1-9(2)16-12(15)7-11(17-10(3)14)8-13(4,5)6;/h9,11H,7-8H2,1-6H3;1H/q+1;/p-1. The highest BCUT2D eigenvalue weighted by atomic mass is 35.5. The lowest BCUT2D eigenvalue weighted by Crippen LogP contribution is -3.00. The number of nitrogens with zero attached hydrogens (tertiary/aromatic N) is 1. The van der Waals surface area contributed by atoms with Gasteiger partial charge < -0.3 is 26.4 Å². The molecule has 0 radical (unpaired) electrons. The van der Waals surface area contributed by atoms with Crippen LogP contribution in [0, 0.1) is 0 Å². The summed E-state index contributed by atoms with van der Waals surface area (Å²) < 4.78 is 10.8. The van der Waals surface area contributed by atoms with Gasteiger partial charge in [-0.25, -0.2) is 0 Å². The largest absolute Gasteiger partial charge is 1.00 e. The number of likely N-dealkylation sites (N-methyl/N-ethyl adjacent to an activating group) is 1. The third-order valence-corrected chi connectivity index (χ3v) is 1.85. The van der Waals surface area contributed by atoms with Crippen LogP contribution in [0.1, 0.15) is 27.2 Å². The molecule has 0 aliphatic rings. The zero-order chi connectivity index (χ0) is 13.6. The van der Waals surface area contributed by atoms with E-state index in [4.69, 9.17) is 9.47 Å². The fourth-order valence-electron chi connectivity index (χ4n) is 1.49. The highest BCUT2D eigenvalue weighted by Crippen LogP contribution is 2.07. The third kappa shape index (κ3) is 11.7. The molecule has 5 nitrogen and oxygen atoms in total. The Balaban J connectivity index is 0. The molecule has 0 aliphatic heterocycles. The molecule has 6 heteroatoms. The van der Waals surface area contributed by atoms with Crippen molar-refractivity contribution >= 4 is 11.9 Å². The van der Waals surface area contributed by atoms with Crippen LogP contribution in [0.2, 0.25) is 0 Å². The molecule has 108 valence electrons. The Morgan fingerprint density at radius 2 is 1.61 bits per heavy atom. The number of hydrogen-bond acceptors (Lipinski definition) is 4. The van der Waals surface area contributed by atoms with Gasteiger partial charge in [0.15, 0.2) is 6.10 Å². The molecular weight excluding hydrogens is 258 g/mol. The van der Waals surface area contributed by atoms with Crippen LogP contribution in [-0.4, -0.2) is 56.3 Å². The van der Waals surface area contributed by atoms with E-state index in [0.717, 1.165) is 0 Å². The fraction of sp³-hybridized carbons (Fsp3) is 0.833. The summed E-state index contributed by atoms with van der Waals surface area (Å²) >= 11 is 0. The topological polar surface area (TPSA) is 52.6 Å². The van der Waals surface area contributed by atoms with Crippen molar-refractivity contribution in [3.8, 4) is 0 Å². The van der Waals surface area contributed by atoms with Crippen molar-refractivity contribution in [1.29, 1.82) is 0 Å². The summed E-state index contributed by atoms with van der Waals surface area (Å²) in [5.74, 6) is -0.708. The molecule has 0 fully saturated rings. The van der Waals surface area contributed by atoms with Crippen LogP contribution < -0.4 is 12.4 Å². The Bertz CT molecular complexity index is 274. The number of halogens is 1. The van der Waals surface area contributed by atoms with Gasteiger partial charge in [0.1, 0.15) is 6.54 Å². The predicted molar refractivity (Wildman–Crippen MR) is 64.3 cm³/mol. The van der Waals surface area contributed by atoms with E-state index in [1.54, 1.807) is 13.8 Å². The minimum Gasteiger partial charge on any atom is -1.00 e. The summed E-state index contributed by atoms with van der Waals surface area (Å²) in [6.45, 7) is 5.50. The molecule has 18 heavy (non-hydrogen) atoms. The lowest BCUT2D eigenvalue weighted by molar-refractivity contribution is -0.873. The maximum atomic E-state index is 11.5. The van der Waals surface area contributed by atoms with Crippen molar-refractivity contribution < 1.29 is 36.0 Å². The summed E-state index contributed by atoms with van der Waals surface area (Å²) in [7, 11) is 5.93. The summed E-state index contributed by atoms with van der Waals surface area (Å²) in [6.07, 6.45) is -0.476. The molecule has 1 unspecified atom stereocenters. The van der Waals surface area contributed by atoms with Crippen LogP contribution >= 0.6 is 0 Å². The molecule has 0 aliphatic carbocycles. The molecule has 0 aromatic heterocycles. The lowest BCUT2D eigenvalue weighted by Gasteiger charge is -2.28. The van der Waals surface area contributed by atoms with Crippen molar-refractivity contribution in [2.75, 3.05) is 27.7 Å². The number of esters is 2. The molecule has 0 saturated carbocycles. The summed E-state index contributed by atoms with van der Waals surface area (Å²) in [6, 6.07) is 0. The van der Waals surface area contributed by atoms with E-state index in [9.17, 15) is 9.59 Å². The van der Waals surface area contributed by atoms with Crippen LogP contribution in [0.25, 0.3) is 0 Å². The highest BCUT2D eigenvalue weighted by molar-refractivity contribution is 5.71.